The number of piperidine rings is 1. The molecule has 1 aromatic heterocycles. The SMILES string of the molecule is N[C@H](Cc1cc(F)c(F)cc1F)[C@@H]1C[C@H]2CC[C@@H](C1)N2C(=O)CCS(=O)(=O)c1nccc(C(F)(F)F)n1. The molecule has 0 spiro atoms. The van der Waals surface area contributed by atoms with Gasteiger partial charge in [0.05, 0.1) is 5.75 Å². The second-order valence-electron chi connectivity index (χ2n) is 9.43. The Bertz CT molecular complexity index is 1280. The highest BCUT2D eigenvalue weighted by atomic mass is 32.2. The average molecular weight is 551 g/mol. The number of hydrogen-bond acceptors (Lipinski definition) is 6. The lowest BCUT2D eigenvalue weighted by Gasteiger charge is -2.41. The van der Waals surface area contributed by atoms with E-state index in [2.05, 4.69) is 9.97 Å². The average Bonchev–Trinajstić information content (AvgIpc) is 3.09. The predicted octanol–water partition coefficient (Wildman–Crippen LogP) is 3.42. The second kappa shape index (κ2) is 10.2. The third-order valence-electron chi connectivity index (χ3n) is 6.99. The lowest BCUT2D eigenvalue weighted by atomic mass is 9.82. The molecule has 0 aliphatic carbocycles. The molecule has 202 valence electrons. The van der Waals surface area contributed by atoms with Gasteiger partial charge in [-0.2, -0.15) is 13.2 Å². The summed E-state index contributed by atoms with van der Waals surface area (Å²) >= 11 is 0. The standard InChI is InChI=1S/C23H24F6N4O3S/c24-16-11-18(26)17(25)9-12(16)10-19(30)13-7-14-1-2-15(8-13)33(14)21(34)4-6-37(35,36)22-31-5-3-20(32-22)23(27,28)29/h3,5,9,11,13-15,19H,1-2,4,6-8,10,30H2/t13-,14-,15+,19-/m1/s1. The van der Waals surface area contributed by atoms with Crippen LogP contribution in [0.1, 0.15) is 43.4 Å². The number of carbonyl (C=O) groups excluding carboxylic acids is 1. The van der Waals surface area contributed by atoms with Gasteiger partial charge in [-0.05, 0) is 55.7 Å². The number of nitrogens with two attached hydrogens (primary N) is 1. The number of fused-ring (bicyclic) bond motifs is 2. The van der Waals surface area contributed by atoms with Crippen molar-refractivity contribution in [1.29, 1.82) is 0 Å². The maximum atomic E-state index is 14.0. The van der Waals surface area contributed by atoms with Crippen LogP contribution in [0, 0.1) is 23.4 Å². The van der Waals surface area contributed by atoms with Gasteiger partial charge in [0.15, 0.2) is 11.6 Å². The Kier molecular flexibility index (Phi) is 7.52. The molecule has 7 nitrogen and oxygen atoms in total. The van der Waals surface area contributed by atoms with Crippen LogP contribution < -0.4 is 5.73 Å². The number of halogens is 6. The smallest absolute Gasteiger partial charge is 0.337 e. The molecule has 2 saturated heterocycles. The highest BCUT2D eigenvalue weighted by Gasteiger charge is 2.44. The summed E-state index contributed by atoms with van der Waals surface area (Å²) in [6.45, 7) is 0. The fourth-order valence-corrected chi connectivity index (χ4v) is 6.29. The van der Waals surface area contributed by atoms with Crippen molar-refractivity contribution in [1.82, 2.24) is 14.9 Å². The zero-order valence-corrected chi connectivity index (χ0v) is 20.2. The van der Waals surface area contributed by atoms with Crippen molar-refractivity contribution in [3.8, 4) is 0 Å². The van der Waals surface area contributed by atoms with E-state index < -0.39 is 68.4 Å². The van der Waals surface area contributed by atoms with Gasteiger partial charge in [0.2, 0.25) is 20.9 Å². The Labute approximate surface area is 209 Å². The number of hydrogen-bond donors (Lipinski definition) is 1. The number of rotatable bonds is 7. The molecule has 2 bridgehead atoms. The monoisotopic (exact) mass is 550 g/mol. The zero-order chi connectivity index (χ0) is 27.1. The summed E-state index contributed by atoms with van der Waals surface area (Å²) in [5, 5.41) is -0.993. The normalized spacial score (nSPS) is 22.8. The van der Waals surface area contributed by atoms with Crippen molar-refractivity contribution in [3.63, 3.8) is 0 Å². The fourth-order valence-electron chi connectivity index (χ4n) is 5.21. The van der Waals surface area contributed by atoms with E-state index in [4.69, 9.17) is 5.73 Å². The van der Waals surface area contributed by atoms with E-state index in [-0.39, 0.29) is 30.0 Å². The van der Waals surface area contributed by atoms with Crippen LogP contribution in [0.4, 0.5) is 26.3 Å². The van der Waals surface area contributed by atoms with Gasteiger partial charge in [0, 0.05) is 36.8 Å². The molecule has 4 atom stereocenters. The number of amides is 1. The van der Waals surface area contributed by atoms with Gasteiger partial charge in [-0.3, -0.25) is 4.79 Å². The molecular weight excluding hydrogens is 526 g/mol. The van der Waals surface area contributed by atoms with Gasteiger partial charge in [-0.15, -0.1) is 0 Å². The van der Waals surface area contributed by atoms with Gasteiger partial charge >= 0.3 is 6.18 Å². The minimum Gasteiger partial charge on any atom is -0.337 e. The number of carbonyl (C=O) groups is 1. The van der Waals surface area contributed by atoms with E-state index in [9.17, 15) is 39.6 Å². The molecule has 2 aromatic rings. The fraction of sp³-hybridized carbons (Fsp3) is 0.522. The van der Waals surface area contributed by atoms with Gasteiger partial charge in [-0.1, -0.05) is 0 Å². The predicted molar refractivity (Wildman–Crippen MR) is 118 cm³/mol. The minimum atomic E-state index is -4.84. The molecular formula is C23H24F6N4O3S. The number of aromatic nitrogens is 2. The summed E-state index contributed by atoms with van der Waals surface area (Å²) in [5.74, 6) is -4.69. The summed E-state index contributed by atoms with van der Waals surface area (Å²) in [4.78, 5) is 21.1. The Morgan fingerprint density at radius 3 is 2.32 bits per heavy atom. The van der Waals surface area contributed by atoms with Crippen molar-refractivity contribution >= 4 is 15.7 Å². The van der Waals surface area contributed by atoms with Crippen LogP contribution in [0.2, 0.25) is 0 Å². The number of nitrogens with zero attached hydrogens (tertiary/aromatic N) is 3. The molecule has 2 N–H and O–H groups in total. The lowest BCUT2D eigenvalue weighted by molar-refractivity contribution is -0.141. The third-order valence-corrected chi connectivity index (χ3v) is 8.49. The van der Waals surface area contributed by atoms with Crippen LogP contribution in [0.3, 0.4) is 0 Å². The van der Waals surface area contributed by atoms with Crippen LogP contribution in [-0.2, 0) is 27.2 Å². The van der Waals surface area contributed by atoms with Gasteiger partial charge in [0.1, 0.15) is 11.5 Å². The first kappa shape index (κ1) is 27.3. The van der Waals surface area contributed by atoms with Crippen LogP contribution in [0.15, 0.2) is 29.6 Å². The first-order chi connectivity index (χ1) is 17.3. The Balaban J connectivity index is 1.38. The van der Waals surface area contributed by atoms with E-state index in [0.29, 0.717) is 44.0 Å². The van der Waals surface area contributed by atoms with Crippen molar-refractivity contribution in [2.75, 3.05) is 5.75 Å². The first-order valence-corrected chi connectivity index (χ1v) is 13.2. The topological polar surface area (TPSA) is 106 Å². The highest BCUT2D eigenvalue weighted by molar-refractivity contribution is 7.91. The third kappa shape index (κ3) is 5.89. The molecule has 14 heteroatoms. The Morgan fingerprint density at radius 1 is 1.08 bits per heavy atom. The van der Waals surface area contributed by atoms with Crippen molar-refractivity contribution in [2.24, 2.45) is 11.7 Å². The minimum absolute atomic E-state index is 0.0175. The molecule has 2 aliphatic heterocycles. The maximum Gasteiger partial charge on any atom is 0.433 e. The molecule has 0 saturated carbocycles. The molecule has 1 aromatic carbocycles. The Morgan fingerprint density at radius 2 is 1.70 bits per heavy atom. The molecule has 4 rings (SSSR count). The molecule has 1 amide bonds. The van der Waals surface area contributed by atoms with Gasteiger partial charge in [-0.25, -0.2) is 31.6 Å². The first-order valence-electron chi connectivity index (χ1n) is 11.6. The van der Waals surface area contributed by atoms with E-state index >= 15 is 0 Å². The Hall–Kier alpha value is -2.74. The number of benzene rings is 1. The van der Waals surface area contributed by atoms with Crippen LogP contribution >= 0.6 is 0 Å². The molecule has 2 fully saturated rings. The maximum absolute atomic E-state index is 14.0. The van der Waals surface area contributed by atoms with E-state index in [1.165, 1.54) is 0 Å². The van der Waals surface area contributed by atoms with Crippen molar-refractivity contribution in [3.05, 3.63) is 53.1 Å². The summed E-state index contributed by atoms with van der Waals surface area (Å²) in [6, 6.07) is 0.776. The number of alkyl halides is 3. The largest absolute Gasteiger partial charge is 0.433 e. The van der Waals surface area contributed by atoms with E-state index in [0.717, 1.165) is 6.07 Å². The molecule has 0 unspecified atom stereocenters. The highest BCUT2D eigenvalue weighted by Crippen LogP contribution is 2.40. The van der Waals surface area contributed by atoms with E-state index in [1.807, 2.05) is 0 Å². The molecule has 3 heterocycles. The van der Waals surface area contributed by atoms with Crippen molar-refractivity contribution < 1.29 is 39.6 Å². The molecule has 0 radical (unpaired) electrons. The van der Waals surface area contributed by atoms with Gasteiger partial charge in [0.25, 0.3) is 0 Å². The summed E-state index contributed by atoms with van der Waals surface area (Å²) in [5.41, 5.74) is 4.84. The van der Waals surface area contributed by atoms with Crippen LogP contribution in [0.5, 0.6) is 0 Å². The zero-order valence-electron chi connectivity index (χ0n) is 19.4. The summed E-state index contributed by atoms with van der Waals surface area (Å²) < 4.78 is 104. The molecule has 2 aliphatic rings. The van der Waals surface area contributed by atoms with Gasteiger partial charge < -0.3 is 10.6 Å². The quantitative estimate of drug-likeness (QED) is 0.322. The summed E-state index contributed by atoms with van der Waals surface area (Å²) in [7, 11) is -4.34. The lowest BCUT2D eigenvalue weighted by Crippen LogP contribution is -2.50. The molecule has 37 heavy (non-hydrogen) atoms. The second-order valence-corrected chi connectivity index (χ2v) is 11.4. The van der Waals surface area contributed by atoms with Crippen molar-refractivity contribution in [2.45, 2.75) is 68.0 Å². The summed E-state index contributed by atoms with van der Waals surface area (Å²) in [6.07, 6.45) is -2.36. The number of sulfone groups is 1. The van der Waals surface area contributed by atoms with Crippen LogP contribution in [0.25, 0.3) is 0 Å². The van der Waals surface area contributed by atoms with Crippen LogP contribution in [-0.4, -0.2) is 53.1 Å². The van der Waals surface area contributed by atoms with E-state index in [1.54, 1.807) is 4.90 Å².